The Bertz CT molecular complexity index is 980. The van der Waals surface area contributed by atoms with Gasteiger partial charge in [-0.1, -0.05) is 5.16 Å². The number of nitrogens with zero attached hydrogens (tertiary/aromatic N) is 2. The minimum Gasteiger partial charge on any atom is -0.337 e. The van der Waals surface area contributed by atoms with Gasteiger partial charge in [-0.25, -0.2) is 13.1 Å². The highest BCUT2D eigenvalue weighted by molar-refractivity contribution is 7.92. The lowest BCUT2D eigenvalue weighted by Crippen LogP contribution is -2.12. The van der Waals surface area contributed by atoms with Gasteiger partial charge in [-0.05, 0) is 43.3 Å². The molecule has 0 aliphatic rings. The van der Waals surface area contributed by atoms with Gasteiger partial charge in [-0.3, -0.25) is 0 Å². The fraction of sp³-hybridized carbons (Fsp3) is 0.0667. The Morgan fingerprint density at radius 2 is 1.96 bits per heavy atom. The number of hydrogen-bond acceptors (Lipinski definition) is 6. The number of aryl methyl sites for hydroxylation is 1. The van der Waals surface area contributed by atoms with Crippen molar-refractivity contribution >= 4 is 27.2 Å². The van der Waals surface area contributed by atoms with Gasteiger partial charge in [0.15, 0.2) is 0 Å². The van der Waals surface area contributed by atoms with Crippen molar-refractivity contribution in [1.82, 2.24) is 5.16 Å². The molecule has 2 heterocycles. The van der Waals surface area contributed by atoms with Gasteiger partial charge >= 0.3 is 0 Å². The molecule has 8 heteroatoms. The maximum Gasteiger partial charge on any atom is 0.264 e. The number of nitrogens with one attached hydrogen (secondary N) is 1. The molecule has 0 amide bonds. The second-order valence-corrected chi connectivity index (χ2v) is 7.70. The van der Waals surface area contributed by atoms with E-state index < -0.39 is 10.0 Å². The van der Waals surface area contributed by atoms with Crippen LogP contribution >= 0.6 is 11.3 Å². The molecule has 1 aromatic carbocycles. The zero-order valence-corrected chi connectivity index (χ0v) is 13.6. The summed E-state index contributed by atoms with van der Waals surface area (Å²) in [4.78, 5) is 2.07. The molecule has 0 saturated carbocycles. The first-order valence-electron chi connectivity index (χ1n) is 6.54. The van der Waals surface area contributed by atoms with E-state index >= 15 is 0 Å². The van der Waals surface area contributed by atoms with Crippen molar-refractivity contribution in [2.45, 2.75) is 11.8 Å². The highest BCUT2D eigenvalue weighted by Crippen LogP contribution is 2.29. The van der Waals surface area contributed by atoms with Crippen molar-refractivity contribution in [3.05, 3.63) is 52.9 Å². The second-order valence-electron chi connectivity index (χ2n) is 4.73. The standard InChI is InChI=1S/C15H11N3O3S2/c1-10-2-7-14(22-10)13-8-15(21-17-13)18-23(19,20)12-5-3-11(9-16)4-6-12/h2-8,18H,1H3. The number of anilines is 1. The Kier molecular flexibility index (Phi) is 3.90. The van der Waals surface area contributed by atoms with Gasteiger partial charge < -0.3 is 4.52 Å². The third-order valence-corrected chi connectivity index (χ3v) is 5.42. The zero-order valence-electron chi connectivity index (χ0n) is 12.0. The van der Waals surface area contributed by atoms with Crippen molar-refractivity contribution in [1.29, 1.82) is 5.26 Å². The minimum atomic E-state index is -3.79. The summed E-state index contributed by atoms with van der Waals surface area (Å²) in [7, 11) is -3.79. The van der Waals surface area contributed by atoms with Crippen molar-refractivity contribution in [2.24, 2.45) is 0 Å². The molecule has 0 atom stereocenters. The number of rotatable bonds is 4. The molecule has 3 aromatic rings. The van der Waals surface area contributed by atoms with Crippen LogP contribution in [0.15, 0.2) is 51.9 Å². The monoisotopic (exact) mass is 345 g/mol. The average Bonchev–Trinajstić information content (AvgIpc) is 3.16. The maximum atomic E-state index is 12.3. The number of nitriles is 1. The second kappa shape index (κ2) is 5.87. The predicted octanol–water partition coefficient (Wildman–Crippen LogP) is 3.38. The number of aromatic nitrogens is 1. The molecule has 0 aliphatic heterocycles. The summed E-state index contributed by atoms with van der Waals surface area (Å²) in [6, 6.07) is 12.9. The van der Waals surface area contributed by atoms with Gasteiger partial charge in [0.05, 0.1) is 21.4 Å². The van der Waals surface area contributed by atoms with Gasteiger partial charge in [0, 0.05) is 10.9 Å². The molecule has 6 nitrogen and oxygen atoms in total. The summed E-state index contributed by atoms with van der Waals surface area (Å²) in [5, 5.41) is 12.6. The fourth-order valence-corrected chi connectivity index (χ4v) is 3.70. The van der Waals surface area contributed by atoms with Crippen LogP contribution in [0.25, 0.3) is 10.6 Å². The molecule has 0 radical (unpaired) electrons. The predicted molar refractivity (Wildman–Crippen MR) is 86.5 cm³/mol. The topological polar surface area (TPSA) is 96.0 Å². The molecule has 2 aromatic heterocycles. The SMILES string of the molecule is Cc1ccc(-c2cc(NS(=O)(=O)c3ccc(C#N)cc3)on2)s1. The third kappa shape index (κ3) is 3.26. The normalized spacial score (nSPS) is 11.1. The van der Waals surface area contributed by atoms with Gasteiger partial charge in [0.25, 0.3) is 10.0 Å². The van der Waals surface area contributed by atoms with E-state index in [0.29, 0.717) is 11.3 Å². The Labute approximate surface area is 137 Å². The summed E-state index contributed by atoms with van der Waals surface area (Å²) in [6.45, 7) is 1.97. The van der Waals surface area contributed by atoms with Crippen LogP contribution in [0, 0.1) is 18.3 Å². The molecule has 0 unspecified atom stereocenters. The van der Waals surface area contributed by atoms with E-state index in [2.05, 4.69) is 9.88 Å². The smallest absolute Gasteiger partial charge is 0.264 e. The lowest BCUT2D eigenvalue weighted by Gasteiger charge is -2.04. The van der Waals surface area contributed by atoms with Crippen LogP contribution in [-0.2, 0) is 10.0 Å². The molecule has 23 heavy (non-hydrogen) atoms. The van der Waals surface area contributed by atoms with Crippen molar-refractivity contribution in [2.75, 3.05) is 4.72 Å². The summed E-state index contributed by atoms with van der Waals surface area (Å²) in [5.74, 6) is 0.0374. The third-order valence-electron chi connectivity index (χ3n) is 3.03. The maximum absolute atomic E-state index is 12.3. The first-order valence-corrected chi connectivity index (χ1v) is 8.84. The molecular formula is C15H11N3O3S2. The molecule has 116 valence electrons. The molecule has 0 fully saturated rings. The Morgan fingerprint density at radius 1 is 1.22 bits per heavy atom. The Balaban J connectivity index is 1.83. The Morgan fingerprint density at radius 3 is 2.57 bits per heavy atom. The molecule has 0 aliphatic carbocycles. The van der Waals surface area contributed by atoms with E-state index in [4.69, 9.17) is 9.78 Å². The van der Waals surface area contributed by atoms with Crippen LogP contribution in [-0.4, -0.2) is 13.6 Å². The quantitative estimate of drug-likeness (QED) is 0.782. The lowest BCUT2D eigenvalue weighted by atomic mass is 10.2. The van der Waals surface area contributed by atoms with Crippen LogP contribution in [0.4, 0.5) is 5.88 Å². The van der Waals surface area contributed by atoms with E-state index in [-0.39, 0.29) is 10.8 Å². The highest BCUT2D eigenvalue weighted by atomic mass is 32.2. The minimum absolute atomic E-state index is 0.0374. The van der Waals surface area contributed by atoms with Crippen LogP contribution in [0.3, 0.4) is 0 Å². The van der Waals surface area contributed by atoms with Crippen LogP contribution in [0.5, 0.6) is 0 Å². The first kappa shape index (κ1) is 15.3. The fourth-order valence-electron chi connectivity index (χ4n) is 1.91. The largest absolute Gasteiger partial charge is 0.337 e. The molecule has 0 bridgehead atoms. The van der Waals surface area contributed by atoms with Crippen LogP contribution < -0.4 is 4.72 Å². The van der Waals surface area contributed by atoms with Gasteiger partial charge in [0.1, 0.15) is 5.69 Å². The first-order chi connectivity index (χ1) is 11.0. The number of hydrogen-bond donors (Lipinski definition) is 1. The molecular weight excluding hydrogens is 334 g/mol. The van der Waals surface area contributed by atoms with Crippen LogP contribution in [0.1, 0.15) is 10.4 Å². The molecule has 1 N–H and O–H groups in total. The van der Waals surface area contributed by atoms with E-state index in [1.807, 2.05) is 25.1 Å². The van der Waals surface area contributed by atoms with E-state index in [0.717, 1.165) is 9.75 Å². The summed E-state index contributed by atoms with van der Waals surface area (Å²) < 4.78 is 31.9. The number of sulfonamides is 1. The Hall–Kier alpha value is -2.63. The number of benzene rings is 1. The number of thiophene rings is 1. The van der Waals surface area contributed by atoms with Gasteiger partial charge in [0.2, 0.25) is 5.88 Å². The van der Waals surface area contributed by atoms with E-state index in [1.54, 1.807) is 11.3 Å². The molecule has 0 spiro atoms. The summed E-state index contributed by atoms with van der Waals surface area (Å²) in [5.41, 5.74) is 0.958. The summed E-state index contributed by atoms with van der Waals surface area (Å²) >= 11 is 1.54. The van der Waals surface area contributed by atoms with Gasteiger partial charge in [-0.2, -0.15) is 5.26 Å². The summed E-state index contributed by atoms with van der Waals surface area (Å²) in [6.07, 6.45) is 0. The average molecular weight is 345 g/mol. The van der Waals surface area contributed by atoms with Gasteiger partial charge in [-0.15, -0.1) is 11.3 Å². The zero-order chi connectivity index (χ0) is 16.4. The van der Waals surface area contributed by atoms with Crippen molar-refractivity contribution in [3.8, 4) is 16.6 Å². The lowest BCUT2D eigenvalue weighted by molar-refractivity contribution is 0.438. The van der Waals surface area contributed by atoms with Crippen molar-refractivity contribution < 1.29 is 12.9 Å². The van der Waals surface area contributed by atoms with E-state index in [9.17, 15) is 8.42 Å². The van der Waals surface area contributed by atoms with Crippen molar-refractivity contribution in [3.63, 3.8) is 0 Å². The molecule has 3 rings (SSSR count). The van der Waals surface area contributed by atoms with E-state index in [1.165, 1.54) is 30.3 Å². The molecule has 0 saturated heterocycles. The highest BCUT2D eigenvalue weighted by Gasteiger charge is 2.17. The van der Waals surface area contributed by atoms with Crippen LogP contribution in [0.2, 0.25) is 0 Å².